The molecule has 0 aliphatic carbocycles. The summed E-state index contributed by atoms with van der Waals surface area (Å²) in [5.41, 5.74) is 20.0. The van der Waals surface area contributed by atoms with Crippen LogP contribution in [0.2, 0.25) is 0 Å². The third-order valence-corrected chi connectivity index (χ3v) is 52.9. The van der Waals surface area contributed by atoms with Gasteiger partial charge in [-0.1, -0.05) is 0 Å². The summed E-state index contributed by atoms with van der Waals surface area (Å²) in [6.45, 7) is 12.9. The van der Waals surface area contributed by atoms with E-state index in [1.165, 1.54) is 186 Å². The van der Waals surface area contributed by atoms with E-state index in [-0.39, 0.29) is 52.5 Å². The van der Waals surface area contributed by atoms with Crippen LogP contribution in [0.3, 0.4) is 0 Å². The van der Waals surface area contributed by atoms with Crippen molar-refractivity contribution in [2.24, 2.45) is 15.3 Å². The van der Waals surface area contributed by atoms with Crippen molar-refractivity contribution in [2.45, 2.75) is 177 Å². The van der Waals surface area contributed by atoms with Gasteiger partial charge in [0.25, 0.3) is 0 Å². The number of hydrogen-bond acceptors (Lipinski definition) is 16. The fourth-order valence-electron chi connectivity index (χ4n) is 11.8. The van der Waals surface area contributed by atoms with Gasteiger partial charge in [0.15, 0.2) is 0 Å². The summed E-state index contributed by atoms with van der Waals surface area (Å²) in [5, 5.41) is 27.7. The Labute approximate surface area is 847 Å². The molecule has 0 amide bonds. The first kappa shape index (κ1) is 124. The predicted molar refractivity (Wildman–Crippen MR) is 521 cm³/mol. The van der Waals surface area contributed by atoms with Crippen molar-refractivity contribution in [2.75, 3.05) is 19.6 Å². The molecular formula is C84H80Cl4F22I6N9O14S-. The van der Waals surface area contributed by atoms with Crippen LogP contribution in [0, 0.1) is 21.4 Å². The van der Waals surface area contributed by atoms with Crippen molar-refractivity contribution in [1.82, 2.24) is 0 Å². The van der Waals surface area contributed by atoms with Crippen molar-refractivity contribution >= 4 is 177 Å². The van der Waals surface area contributed by atoms with Gasteiger partial charge in [-0.15, -0.1) is 0 Å². The number of carboxylic acids is 1. The number of aliphatic hydroxyl groups is 1. The number of benzene rings is 8. The Morgan fingerprint density at radius 3 is 1.38 bits per heavy atom. The number of alkyl halides is 28. The molecule has 3 heterocycles. The number of carbonyl (C=O) groups excluding carboxylic acids is 3. The van der Waals surface area contributed by atoms with Gasteiger partial charge in [-0.25, -0.2) is 0 Å². The first-order chi connectivity index (χ1) is 64.0. The fourth-order valence-corrected chi connectivity index (χ4v) is 41.1. The number of ether oxygens (including phenoxy) is 3. The van der Waals surface area contributed by atoms with Gasteiger partial charge >= 0.3 is 843 Å². The van der Waals surface area contributed by atoms with E-state index in [0.29, 0.717) is 11.1 Å². The first-order valence-electron chi connectivity index (χ1n) is 39.1. The summed E-state index contributed by atoms with van der Waals surface area (Å²) in [6.07, 6.45) is -7.14. The summed E-state index contributed by atoms with van der Waals surface area (Å²) >= 11 is -25.4. The summed E-state index contributed by atoms with van der Waals surface area (Å²) in [5.74, 6) is -17.5. The molecule has 0 spiro atoms. The van der Waals surface area contributed by atoms with E-state index in [9.17, 15) is 129 Å². The van der Waals surface area contributed by atoms with Gasteiger partial charge in [0, 0.05) is 0 Å². The monoisotopic (exact) mass is 2790 g/mol. The van der Waals surface area contributed by atoms with Gasteiger partial charge in [0.2, 0.25) is 0 Å². The van der Waals surface area contributed by atoms with Crippen molar-refractivity contribution in [3.63, 3.8) is 0 Å². The maximum absolute atomic E-state index is 14.5. The summed E-state index contributed by atoms with van der Waals surface area (Å²) < 4.78 is 333. The summed E-state index contributed by atoms with van der Waals surface area (Å²) in [6, 6.07) is 43.5. The van der Waals surface area contributed by atoms with Crippen LogP contribution in [0.25, 0.3) is 31.3 Å². The average Bonchev–Trinajstić information content (AvgIpc) is 1.59. The Morgan fingerprint density at radius 1 is 0.500 bits per heavy atom. The number of esters is 2. The van der Waals surface area contributed by atoms with Gasteiger partial charge in [-0.05, 0) is 0 Å². The molecule has 0 aromatic heterocycles. The second kappa shape index (κ2) is 50.1. The number of azide groups is 3. The number of cyclic esters (lactones) is 1. The van der Waals surface area contributed by atoms with Crippen LogP contribution < -0.4 is 17.1 Å². The summed E-state index contributed by atoms with van der Waals surface area (Å²) in [4.78, 5) is 52.4. The quantitative estimate of drug-likeness (QED) is 0.00876. The van der Waals surface area contributed by atoms with Crippen molar-refractivity contribution in [1.29, 1.82) is 0 Å². The Balaban J connectivity index is 0.000000297. The number of carboxylic acid groups (broad SMARTS) is 1. The Hall–Kier alpha value is -6.80. The zero-order valence-electron chi connectivity index (χ0n) is 73.5. The molecule has 0 saturated carbocycles. The van der Waals surface area contributed by atoms with E-state index in [1.807, 2.05) is 6.92 Å². The number of halogens is 32. The second-order valence-electron chi connectivity index (χ2n) is 30.3. The molecule has 0 unspecified atom stereocenters. The van der Waals surface area contributed by atoms with Crippen LogP contribution in [-0.4, -0.2) is 110 Å². The number of aryl methyl sites for hydroxylation is 1. The average molecular weight is 2790 g/mol. The van der Waals surface area contributed by atoms with E-state index < -0.39 is 280 Å². The molecule has 0 fully saturated rings. The second-order valence-corrected chi connectivity index (χ2v) is 62.6. The van der Waals surface area contributed by atoms with Crippen molar-refractivity contribution in [3.8, 4) is 5.75 Å². The number of fused-ring (bicyclic) bond motifs is 4. The summed E-state index contributed by atoms with van der Waals surface area (Å²) in [7, 11) is 12.3. The first-order valence-corrected chi connectivity index (χ1v) is 64.2. The molecule has 776 valence electrons. The van der Waals surface area contributed by atoms with E-state index >= 15 is 0 Å². The molecule has 3 aliphatic rings. The predicted octanol–water partition coefficient (Wildman–Crippen LogP) is 28.4. The molecule has 23 nitrogen and oxygen atoms in total. The third-order valence-electron chi connectivity index (χ3n) is 18.4. The van der Waals surface area contributed by atoms with Gasteiger partial charge in [0.1, 0.15) is 0 Å². The number of rotatable bonds is 28. The molecule has 0 atom stereocenters. The van der Waals surface area contributed by atoms with Gasteiger partial charge in [0.05, 0.1) is 0 Å². The standard InChI is InChI=1S/C18H16ClF4IO3.C17H14F3IO5S.C13H15ClF4IN3O.C13H14F4IN3O.C12H13ClF3IO2.C11H8F4IN3O2.ClH/c1-2-5-12-8-10-13(11-9-12)27-18(22,23)17(20,21)24(19)15-7-4-3-6-14(15)16(25)26;1-16(2)12-8-4-5-9-13(12)21(17(18,19)20)26-27(23,24)14-10-6-3-7-11(14)15(22)25-16;1-11(2,23)9-5-3-4-6-10(9)19(14)13(17,18)12(15,16)7-8-21-22-20;1-11(2)9-5-3-4-6-10(9)18(22-11)13(16,17)12(14,15)7-8-20-21-19;1-8(18)19-11(2,3)9-6-4-5-7-10(9)17(13)12(14,15)16;12-10(13,5-6-18-19-17)11(14,15)16-8-4-2-1-3-7(8)9(20)21-16;/h3-4,6-11H,2,5H2,1H3,(H,25,26);3-10H,1-2H3;3-6,23H,7-8H2,1-2H3;3-6H,7-8H2,1-2H3;4-7H,1-3H3;1-4H,5-6H2;1H/p-1. The molecule has 56 heteroatoms. The molecule has 2 N–H and O–H groups in total. The SMILES string of the molecule is CC(=O)OC(C)(C)c1ccccc1I(Cl)C(F)(F)F.CC(C)(O)c1ccccc1I(Cl)C(F)(F)C(F)(F)CCN=[N+]=[N-].CC1(C)OC(=O)c2ccccc2S(=O)(=O)OI(C(F)(F)F)c2ccccc21.CC1(C)OI(C(F)(F)C(F)(F)CCN=[N+]=[N-])c2ccccc21.CCCc1ccc(OC(F)(F)C(F)(F)I(Cl)c2ccccc2C(=O)O)cc1.[Cl-].[N-]=[N+]=NCCC(F)(F)C(F)(F)I1OC(=O)c2ccccc21. The molecule has 11 rings (SSSR count). The topological polar surface area (TPSA) is 345 Å². The van der Waals surface area contributed by atoms with Crippen LogP contribution in [0.1, 0.15) is 154 Å². The Kier molecular flexibility index (Phi) is 44.2. The zero-order chi connectivity index (χ0) is 105. The number of hydrogen-bond donors (Lipinski definition) is 2. The van der Waals surface area contributed by atoms with Gasteiger partial charge in [-0.3, -0.25) is 0 Å². The molecule has 0 bridgehead atoms. The van der Waals surface area contributed by atoms with Crippen molar-refractivity contribution in [3.05, 3.63) is 291 Å². The fraction of sp³-hybridized carbons (Fsp3) is 0.381. The Bertz CT molecular complexity index is 5940. The minimum atomic E-state index is -4.89. The molecule has 140 heavy (non-hydrogen) atoms. The van der Waals surface area contributed by atoms with E-state index in [2.05, 4.69) is 37.9 Å². The maximum atomic E-state index is 14.5. The molecule has 0 saturated heterocycles. The number of aromatic carboxylic acids is 1. The minimum absolute atomic E-state index is 0. The van der Waals surface area contributed by atoms with Crippen LogP contribution in [-0.2, 0) is 61.9 Å². The number of nitrogens with zero attached hydrogens (tertiary/aromatic N) is 9. The van der Waals surface area contributed by atoms with Crippen LogP contribution in [0.5, 0.6) is 5.75 Å². The van der Waals surface area contributed by atoms with Crippen LogP contribution in [0.4, 0.5) is 96.6 Å². The van der Waals surface area contributed by atoms with E-state index in [1.54, 1.807) is 52.0 Å². The molecule has 3 aliphatic heterocycles. The molecule has 8 aromatic carbocycles. The third kappa shape index (κ3) is 30.9. The van der Waals surface area contributed by atoms with Gasteiger partial charge in [-0.2, -0.15) is 0 Å². The normalized spacial score (nSPS) is 15.7. The van der Waals surface area contributed by atoms with E-state index in [0.717, 1.165) is 36.6 Å². The molecular weight excluding hydrogens is 2710 g/mol. The Morgan fingerprint density at radius 2 is 0.907 bits per heavy atom. The zero-order valence-corrected chi connectivity index (χ0v) is 90.2. The van der Waals surface area contributed by atoms with Crippen molar-refractivity contribution < 1.29 is 170 Å². The number of carbonyl (C=O) groups is 4. The van der Waals surface area contributed by atoms with E-state index in [4.69, 9.17) is 63.5 Å². The van der Waals surface area contributed by atoms with Gasteiger partial charge < -0.3 is 12.4 Å². The van der Waals surface area contributed by atoms with Crippen LogP contribution in [0.15, 0.2) is 214 Å². The molecule has 0 radical (unpaired) electrons. The van der Waals surface area contributed by atoms with Crippen LogP contribution >= 0.6 is 144 Å². The molecule has 8 aromatic rings.